The van der Waals surface area contributed by atoms with Crippen LogP contribution in [0.5, 0.6) is 11.5 Å². The average molecular weight is 294 g/mol. The molecule has 118 valence electrons. The molecule has 0 fully saturated rings. The van der Waals surface area contributed by atoms with Gasteiger partial charge in [0.2, 0.25) is 0 Å². The molecule has 0 spiro atoms. The van der Waals surface area contributed by atoms with E-state index in [1.165, 1.54) is 5.56 Å². The second kappa shape index (κ2) is 6.24. The lowest BCUT2D eigenvalue weighted by Gasteiger charge is -2.37. The van der Waals surface area contributed by atoms with E-state index >= 15 is 0 Å². The number of fused-ring (bicyclic) bond motifs is 1. The summed E-state index contributed by atoms with van der Waals surface area (Å²) in [7, 11) is 3.35. The Morgan fingerprint density at radius 3 is 2.38 bits per heavy atom. The van der Waals surface area contributed by atoms with Crippen LogP contribution in [0.1, 0.15) is 35.6 Å². The third-order valence-electron chi connectivity index (χ3n) is 4.33. The maximum atomic E-state index is 6.30. The van der Waals surface area contributed by atoms with Crippen molar-refractivity contribution in [3.8, 4) is 11.5 Å². The largest absolute Gasteiger partial charge is 0.485 e. The third-order valence-corrected chi connectivity index (χ3v) is 4.33. The molecule has 0 saturated carbocycles. The zero-order chi connectivity index (χ0) is 15.6. The van der Waals surface area contributed by atoms with Crippen molar-refractivity contribution in [2.75, 3.05) is 27.6 Å². The van der Waals surface area contributed by atoms with Crippen molar-refractivity contribution in [2.45, 2.75) is 46.1 Å². The van der Waals surface area contributed by atoms with Crippen LogP contribution in [-0.4, -0.2) is 33.2 Å². The van der Waals surface area contributed by atoms with Crippen LogP contribution in [0.15, 0.2) is 0 Å². The first-order valence-corrected chi connectivity index (χ1v) is 7.36. The van der Waals surface area contributed by atoms with Gasteiger partial charge in [0.15, 0.2) is 6.79 Å². The van der Waals surface area contributed by atoms with E-state index in [0.717, 1.165) is 41.0 Å². The number of hydrogen-bond acceptors (Lipinski definition) is 4. The van der Waals surface area contributed by atoms with Gasteiger partial charge in [-0.05, 0) is 57.2 Å². The molecular formula is C17H26O4. The summed E-state index contributed by atoms with van der Waals surface area (Å²) in [5.41, 5.74) is 4.41. The van der Waals surface area contributed by atoms with Crippen molar-refractivity contribution in [1.82, 2.24) is 0 Å². The van der Waals surface area contributed by atoms with Gasteiger partial charge in [-0.25, -0.2) is 0 Å². The lowest BCUT2D eigenvalue weighted by atomic mass is 9.87. The van der Waals surface area contributed by atoms with Crippen LogP contribution >= 0.6 is 0 Å². The van der Waals surface area contributed by atoms with E-state index in [4.69, 9.17) is 18.9 Å². The van der Waals surface area contributed by atoms with Gasteiger partial charge in [-0.15, -0.1) is 0 Å². The van der Waals surface area contributed by atoms with Gasteiger partial charge in [-0.3, -0.25) is 0 Å². The molecule has 4 nitrogen and oxygen atoms in total. The quantitative estimate of drug-likeness (QED) is 0.781. The van der Waals surface area contributed by atoms with Gasteiger partial charge >= 0.3 is 0 Å². The first kappa shape index (κ1) is 16.1. The van der Waals surface area contributed by atoms with E-state index in [1.807, 2.05) is 0 Å². The minimum absolute atomic E-state index is 0.250. The summed E-state index contributed by atoms with van der Waals surface area (Å²) in [5, 5.41) is 0. The lowest BCUT2D eigenvalue weighted by Crippen LogP contribution is -2.41. The summed E-state index contributed by atoms with van der Waals surface area (Å²) in [6, 6.07) is 0. The molecule has 1 aromatic carbocycles. The highest BCUT2D eigenvalue weighted by Gasteiger charge is 2.34. The molecule has 4 heteroatoms. The summed E-state index contributed by atoms with van der Waals surface area (Å²) >= 11 is 0. The Morgan fingerprint density at radius 1 is 1.05 bits per heavy atom. The van der Waals surface area contributed by atoms with E-state index in [0.29, 0.717) is 6.61 Å². The third kappa shape index (κ3) is 3.01. The molecule has 2 rings (SSSR count). The first-order chi connectivity index (χ1) is 9.93. The van der Waals surface area contributed by atoms with E-state index < -0.39 is 0 Å². The molecular weight excluding hydrogens is 268 g/mol. The van der Waals surface area contributed by atoms with Gasteiger partial charge in [-0.2, -0.15) is 0 Å². The number of ether oxygens (including phenoxy) is 4. The Hall–Kier alpha value is -1.26. The van der Waals surface area contributed by atoms with Crippen LogP contribution < -0.4 is 9.47 Å². The molecule has 0 amide bonds. The molecule has 0 bridgehead atoms. The molecule has 0 saturated heterocycles. The Kier molecular flexibility index (Phi) is 4.79. The number of rotatable bonds is 5. The van der Waals surface area contributed by atoms with E-state index in [-0.39, 0.29) is 12.4 Å². The minimum atomic E-state index is -0.250. The molecule has 1 heterocycles. The van der Waals surface area contributed by atoms with Gasteiger partial charge in [0.05, 0.1) is 6.61 Å². The predicted molar refractivity (Wildman–Crippen MR) is 82.4 cm³/mol. The SMILES string of the molecule is COCOc1c(C)c(C)c2c(c1C)CCC(C)(COC)O2. The molecule has 1 aromatic rings. The van der Waals surface area contributed by atoms with Gasteiger partial charge in [0.25, 0.3) is 0 Å². The van der Waals surface area contributed by atoms with Crippen LogP contribution in [-0.2, 0) is 15.9 Å². The molecule has 0 aliphatic carbocycles. The molecule has 1 aliphatic rings. The van der Waals surface area contributed by atoms with Crippen molar-refractivity contribution >= 4 is 0 Å². The number of methoxy groups -OCH3 is 2. The minimum Gasteiger partial charge on any atom is -0.485 e. The van der Waals surface area contributed by atoms with Crippen LogP contribution in [0.2, 0.25) is 0 Å². The standard InChI is InChI=1S/C17H26O4/c1-11-12(2)16-14(13(3)15(11)20-10-19-6)7-8-17(4,21-16)9-18-5/h7-10H2,1-6H3. The number of hydrogen-bond donors (Lipinski definition) is 0. The Morgan fingerprint density at radius 2 is 1.76 bits per heavy atom. The summed E-state index contributed by atoms with van der Waals surface area (Å²) in [6.07, 6.45) is 1.92. The van der Waals surface area contributed by atoms with Crippen molar-refractivity contribution in [3.63, 3.8) is 0 Å². The summed E-state index contributed by atoms with van der Waals surface area (Å²) in [5.74, 6) is 1.92. The lowest BCUT2D eigenvalue weighted by molar-refractivity contribution is -0.0114. The fourth-order valence-electron chi connectivity index (χ4n) is 3.02. The van der Waals surface area contributed by atoms with Crippen molar-refractivity contribution in [3.05, 3.63) is 22.3 Å². The van der Waals surface area contributed by atoms with Crippen LogP contribution in [0, 0.1) is 20.8 Å². The molecule has 0 N–H and O–H groups in total. The average Bonchev–Trinajstić information content (AvgIpc) is 2.45. The van der Waals surface area contributed by atoms with Crippen LogP contribution in [0.4, 0.5) is 0 Å². The molecule has 21 heavy (non-hydrogen) atoms. The molecule has 1 unspecified atom stereocenters. The monoisotopic (exact) mass is 294 g/mol. The fourth-order valence-corrected chi connectivity index (χ4v) is 3.02. The summed E-state index contributed by atoms with van der Waals surface area (Å²) < 4.78 is 22.4. The van der Waals surface area contributed by atoms with E-state index in [1.54, 1.807) is 14.2 Å². The van der Waals surface area contributed by atoms with E-state index in [2.05, 4.69) is 27.7 Å². The highest BCUT2D eigenvalue weighted by molar-refractivity contribution is 5.59. The zero-order valence-electron chi connectivity index (χ0n) is 14.0. The number of benzene rings is 1. The van der Waals surface area contributed by atoms with E-state index in [9.17, 15) is 0 Å². The maximum Gasteiger partial charge on any atom is 0.188 e. The predicted octanol–water partition coefficient (Wildman–Crippen LogP) is 3.32. The highest BCUT2D eigenvalue weighted by Crippen LogP contribution is 2.43. The smallest absolute Gasteiger partial charge is 0.188 e. The maximum absolute atomic E-state index is 6.30. The van der Waals surface area contributed by atoms with Crippen molar-refractivity contribution in [2.24, 2.45) is 0 Å². The van der Waals surface area contributed by atoms with Crippen LogP contribution in [0.25, 0.3) is 0 Å². The fraction of sp³-hybridized carbons (Fsp3) is 0.647. The normalized spacial score (nSPS) is 20.9. The van der Waals surface area contributed by atoms with Crippen molar-refractivity contribution < 1.29 is 18.9 Å². The molecule has 1 atom stereocenters. The first-order valence-electron chi connectivity index (χ1n) is 7.36. The summed E-state index contributed by atoms with van der Waals surface area (Å²) in [6.45, 7) is 9.23. The second-order valence-corrected chi connectivity index (χ2v) is 6.05. The highest BCUT2D eigenvalue weighted by atomic mass is 16.7. The Balaban J connectivity index is 2.43. The molecule has 0 aromatic heterocycles. The van der Waals surface area contributed by atoms with Gasteiger partial charge in [0.1, 0.15) is 17.1 Å². The van der Waals surface area contributed by atoms with Gasteiger partial charge < -0.3 is 18.9 Å². The summed E-state index contributed by atoms with van der Waals surface area (Å²) in [4.78, 5) is 0. The van der Waals surface area contributed by atoms with Gasteiger partial charge in [-0.1, -0.05) is 0 Å². The topological polar surface area (TPSA) is 36.9 Å². The van der Waals surface area contributed by atoms with Gasteiger partial charge in [0, 0.05) is 19.8 Å². The Labute approximate surface area is 127 Å². The van der Waals surface area contributed by atoms with Crippen molar-refractivity contribution in [1.29, 1.82) is 0 Å². The van der Waals surface area contributed by atoms with Crippen LogP contribution in [0.3, 0.4) is 0 Å². The second-order valence-electron chi connectivity index (χ2n) is 6.05. The Bertz CT molecular complexity index is 524. The molecule has 0 radical (unpaired) electrons. The zero-order valence-corrected chi connectivity index (χ0v) is 14.0. The molecule has 1 aliphatic heterocycles.